The fourth-order valence-corrected chi connectivity index (χ4v) is 2.14. The van der Waals surface area contributed by atoms with Crippen molar-refractivity contribution in [1.29, 1.82) is 0 Å². The van der Waals surface area contributed by atoms with Crippen molar-refractivity contribution >= 4 is 11.9 Å². The average Bonchev–Trinajstić information content (AvgIpc) is 2.87. The summed E-state index contributed by atoms with van der Waals surface area (Å²) in [5.74, 6) is -0.399. The Balaban J connectivity index is 1.90. The Kier molecular flexibility index (Phi) is 4.16. The maximum atomic E-state index is 12.0. The SMILES string of the molecule is COC(=O)[C@@H]1C[C@H](NC(=O)c2ccc(C)cc2)CN1. The molecular formula is C14H18N2O3. The molecule has 5 heteroatoms. The summed E-state index contributed by atoms with van der Waals surface area (Å²) in [7, 11) is 1.36. The van der Waals surface area contributed by atoms with Gasteiger partial charge in [0.2, 0.25) is 0 Å². The van der Waals surface area contributed by atoms with Gasteiger partial charge in [-0.25, -0.2) is 0 Å². The van der Waals surface area contributed by atoms with E-state index in [-0.39, 0.29) is 24.0 Å². The van der Waals surface area contributed by atoms with Gasteiger partial charge in [-0.3, -0.25) is 9.59 Å². The van der Waals surface area contributed by atoms with Crippen LogP contribution in [0.15, 0.2) is 24.3 Å². The molecule has 5 nitrogen and oxygen atoms in total. The first-order valence-corrected chi connectivity index (χ1v) is 6.29. The summed E-state index contributed by atoms with van der Waals surface area (Å²) in [6, 6.07) is 7.03. The molecule has 1 fully saturated rings. The molecule has 1 aromatic rings. The summed E-state index contributed by atoms with van der Waals surface area (Å²) in [5.41, 5.74) is 1.75. The second kappa shape index (κ2) is 5.84. The van der Waals surface area contributed by atoms with E-state index < -0.39 is 0 Å². The van der Waals surface area contributed by atoms with E-state index in [0.29, 0.717) is 18.5 Å². The number of benzene rings is 1. The number of esters is 1. The van der Waals surface area contributed by atoms with Crippen LogP contribution in [0.4, 0.5) is 0 Å². The van der Waals surface area contributed by atoms with Gasteiger partial charge < -0.3 is 15.4 Å². The first kappa shape index (κ1) is 13.5. The molecule has 0 unspecified atom stereocenters. The van der Waals surface area contributed by atoms with Crippen LogP contribution in [0.2, 0.25) is 0 Å². The first-order valence-electron chi connectivity index (χ1n) is 6.29. The van der Waals surface area contributed by atoms with Gasteiger partial charge in [-0.05, 0) is 25.5 Å². The van der Waals surface area contributed by atoms with E-state index in [1.807, 2.05) is 19.1 Å². The number of ether oxygens (including phenoxy) is 1. The maximum absolute atomic E-state index is 12.0. The fourth-order valence-electron chi connectivity index (χ4n) is 2.14. The summed E-state index contributed by atoms with van der Waals surface area (Å²) in [6.45, 7) is 2.56. The van der Waals surface area contributed by atoms with Crippen molar-refractivity contribution in [3.63, 3.8) is 0 Å². The fraction of sp³-hybridized carbons (Fsp3) is 0.429. The molecular weight excluding hydrogens is 244 g/mol. The molecule has 19 heavy (non-hydrogen) atoms. The molecule has 102 valence electrons. The molecule has 1 aliphatic heterocycles. The third-order valence-corrected chi connectivity index (χ3v) is 3.27. The number of hydrogen-bond donors (Lipinski definition) is 2. The van der Waals surface area contributed by atoms with Crippen LogP contribution in [0.3, 0.4) is 0 Å². The van der Waals surface area contributed by atoms with Crippen LogP contribution in [0, 0.1) is 6.92 Å². The van der Waals surface area contributed by atoms with E-state index in [2.05, 4.69) is 15.4 Å². The molecule has 0 aliphatic carbocycles. The van der Waals surface area contributed by atoms with Crippen LogP contribution in [-0.4, -0.2) is 37.6 Å². The zero-order valence-corrected chi connectivity index (χ0v) is 11.1. The summed E-state index contributed by atoms with van der Waals surface area (Å²) in [5, 5.41) is 5.95. The smallest absolute Gasteiger partial charge is 0.322 e. The van der Waals surface area contributed by atoms with Crippen LogP contribution in [0.1, 0.15) is 22.3 Å². The highest BCUT2D eigenvalue weighted by atomic mass is 16.5. The van der Waals surface area contributed by atoms with Gasteiger partial charge in [0.15, 0.2) is 0 Å². The van der Waals surface area contributed by atoms with E-state index in [9.17, 15) is 9.59 Å². The molecule has 1 amide bonds. The highest BCUT2D eigenvalue weighted by Gasteiger charge is 2.30. The minimum Gasteiger partial charge on any atom is -0.468 e. The number of rotatable bonds is 3. The Bertz CT molecular complexity index is 470. The van der Waals surface area contributed by atoms with Gasteiger partial charge in [0.1, 0.15) is 6.04 Å². The Morgan fingerprint density at radius 1 is 1.32 bits per heavy atom. The Morgan fingerprint density at radius 2 is 2.00 bits per heavy atom. The van der Waals surface area contributed by atoms with Gasteiger partial charge in [0.05, 0.1) is 7.11 Å². The van der Waals surface area contributed by atoms with Crippen molar-refractivity contribution in [3.05, 3.63) is 35.4 Å². The van der Waals surface area contributed by atoms with Crippen molar-refractivity contribution in [3.8, 4) is 0 Å². The molecule has 1 aromatic carbocycles. The molecule has 0 spiro atoms. The molecule has 0 aromatic heterocycles. The van der Waals surface area contributed by atoms with Crippen molar-refractivity contribution < 1.29 is 14.3 Å². The zero-order chi connectivity index (χ0) is 13.8. The highest BCUT2D eigenvalue weighted by Crippen LogP contribution is 2.10. The van der Waals surface area contributed by atoms with E-state index in [4.69, 9.17) is 0 Å². The van der Waals surface area contributed by atoms with Gasteiger partial charge in [-0.2, -0.15) is 0 Å². The number of hydrogen-bond acceptors (Lipinski definition) is 4. The Hall–Kier alpha value is -1.88. The van der Waals surface area contributed by atoms with E-state index in [1.54, 1.807) is 12.1 Å². The normalized spacial score (nSPS) is 22.0. The number of methoxy groups -OCH3 is 1. The quantitative estimate of drug-likeness (QED) is 0.784. The molecule has 2 N–H and O–H groups in total. The maximum Gasteiger partial charge on any atom is 0.322 e. The van der Waals surface area contributed by atoms with Crippen LogP contribution in [0.25, 0.3) is 0 Å². The lowest BCUT2D eigenvalue weighted by atomic mass is 10.1. The summed E-state index contributed by atoms with van der Waals surface area (Å²) >= 11 is 0. The molecule has 2 atom stereocenters. The van der Waals surface area contributed by atoms with Crippen LogP contribution >= 0.6 is 0 Å². The zero-order valence-electron chi connectivity index (χ0n) is 11.1. The molecule has 0 bridgehead atoms. The third-order valence-electron chi connectivity index (χ3n) is 3.27. The largest absolute Gasteiger partial charge is 0.468 e. The minimum absolute atomic E-state index is 0.0436. The van der Waals surface area contributed by atoms with Crippen molar-refractivity contribution in [1.82, 2.24) is 10.6 Å². The van der Waals surface area contributed by atoms with E-state index in [0.717, 1.165) is 5.56 Å². The summed E-state index contributed by atoms with van der Waals surface area (Å²) < 4.78 is 4.67. The highest BCUT2D eigenvalue weighted by molar-refractivity contribution is 5.94. The molecule has 1 saturated heterocycles. The average molecular weight is 262 g/mol. The van der Waals surface area contributed by atoms with Crippen molar-refractivity contribution in [2.45, 2.75) is 25.4 Å². The van der Waals surface area contributed by atoms with Crippen molar-refractivity contribution in [2.75, 3.05) is 13.7 Å². The number of carbonyl (C=O) groups is 2. The second-order valence-electron chi connectivity index (χ2n) is 4.76. The summed E-state index contributed by atoms with van der Waals surface area (Å²) in [4.78, 5) is 23.4. The Morgan fingerprint density at radius 3 is 2.63 bits per heavy atom. The molecule has 1 aliphatic rings. The van der Waals surface area contributed by atoms with Gasteiger partial charge in [0, 0.05) is 18.2 Å². The molecule has 2 rings (SSSR count). The van der Waals surface area contributed by atoms with Gasteiger partial charge >= 0.3 is 5.97 Å². The van der Waals surface area contributed by atoms with E-state index in [1.165, 1.54) is 7.11 Å². The third kappa shape index (κ3) is 3.32. The van der Waals surface area contributed by atoms with Crippen LogP contribution < -0.4 is 10.6 Å². The second-order valence-corrected chi connectivity index (χ2v) is 4.76. The first-order chi connectivity index (χ1) is 9.10. The number of amides is 1. The van der Waals surface area contributed by atoms with Gasteiger partial charge in [0.25, 0.3) is 5.91 Å². The van der Waals surface area contributed by atoms with Crippen molar-refractivity contribution in [2.24, 2.45) is 0 Å². The number of aryl methyl sites for hydroxylation is 1. The van der Waals surface area contributed by atoms with Crippen LogP contribution in [0.5, 0.6) is 0 Å². The molecule has 1 heterocycles. The number of nitrogens with one attached hydrogen (secondary N) is 2. The lowest BCUT2D eigenvalue weighted by Gasteiger charge is -2.12. The van der Waals surface area contributed by atoms with Gasteiger partial charge in [-0.15, -0.1) is 0 Å². The predicted octanol–water partition coefficient (Wildman–Crippen LogP) is 0.628. The molecule has 0 saturated carbocycles. The number of carbonyl (C=O) groups excluding carboxylic acids is 2. The molecule has 0 radical (unpaired) electrons. The standard InChI is InChI=1S/C14H18N2O3/c1-9-3-5-10(6-4-9)13(17)16-11-7-12(15-8-11)14(18)19-2/h3-6,11-12,15H,7-8H2,1-2H3,(H,16,17)/t11-,12-/m0/s1. The topological polar surface area (TPSA) is 67.4 Å². The predicted molar refractivity (Wildman–Crippen MR) is 70.9 cm³/mol. The minimum atomic E-state index is -0.326. The summed E-state index contributed by atoms with van der Waals surface area (Å²) in [6.07, 6.45) is 0.560. The monoisotopic (exact) mass is 262 g/mol. The lowest BCUT2D eigenvalue weighted by molar-refractivity contribution is -0.142. The van der Waals surface area contributed by atoms with Gasteiger partial charge in [-0.1, -0.05) is 17.7 Å². The van der Waals surface area contributed by atoms with E-state index >= 15 is 0 Å². The lowest BCUT2D eigenvalue weighted by Crippen LogP contribution is -2.36. The van der Waals surface area contributed by atoms with Crippen LogP contribution in [-0.2, 0) is 9.53 Å². The Labute approximate surface area is 112 Å².